The standard InChI is InChI=1S/C21H16F4O/c1-2-13-3-5-14(6-4-13)15-7-8-17(18(23)9-15)16-10-19(24)21(26-12-22)20(25)11-16/h3-11H,2,12H2,1H3. The highest BCUT2D eigenvalue weighted by Crippen LogP contribution is 2.32. The molecule has 5 heteroatoms. The van der Waals surface area contributed by atoms with E-state index in [1.165, 1.54) is 17.7 Å². The number of benzene rings is 3. The lowest BCUT2D eigenvalue weighted by atomic mass is 9.98. The molecule has 3 aromatic carbocycles. The summed E-state index contributed by atoms with van der Waals surface area (Å²) in [5.41, 5.74) is 2.73. The van der Waals surface area contributed by atoms with Crippen LogP contribution in [0.5, 0.6) is 5.75 Å². The Kier molecular flexibility index (Phi) is 5.26. The van der Waals surface area contributed by atoms with E-state index in [9.17, 15) is 17.6 Å². The Balaban J connectivity index is 1.97. The van der Waals surface area contributed by atoms with Crippen molar-refractivity contribution >= 4 is 0 Å². The van der Waals surface area contributed by atoms with Crippen LogP contribution >= 0.6 is 0 Å². The first kappa shape index (κ1) is 18.0. The summed E-state index contributed by atoms with van der Waals surface area (Å²) in [6.07, 6.45) is 0.910. The molecule has 0 saturated heterocycles. The van der Waals surface area contributed by atoms with Gasteiger partial charge in [-0.3, -0.25) is 0 Å². The molecule has 0 spiro atoms. The molecule has 0 atom stereocenters. The Bertz CT molecular complexity index is 897. The molecule has 1 nitrogen and oxygen atoms in total. The molecule has 0 bridgehead atoms. The van der Waals surface area contributed by atoms with Crippen molar-refractivity contribution < 1.29 is 22.3 Å². The molecule has 0 saturated carbocycles. The second-order valence-electron chi connectivity index (χ2n) is 5.77. The van der Waals surface area contributed by atoms with Gasteiger partial charge in [-0.1, -0.05) is 43.3 Å². The predicted molar refractivity (Wildman–Crippen MR) is 93.2 cm³/mol. The van der Waals surface area contributed by atoms with Crippen molar-refractivity contribution in [2.24, 2.45) is 0 Å². The maximum atomic E-state index is 14.5. The largest absolute Gasteiger partial charge is 0.457 e. The average Bonchev–Trinajstić information content (AvgIpc) is 2.64. The predicted octanol–water partition coefficient (Wildman–Crippen LogP) is 6.31. The molecule has 0 aliphatic carbocycles. The highest BCUT2D eigenvalue weighted by molar-refractivity contribution is 5.71. The van der Waals surface area contributed by atoms with Gasteiger partial charge in [-0.15, -0.1) is 0 Å². The molecule has 0 aliphatic rings. The molecule has 3 aromatic rings. The van der Waals surface area contributed by atoms with Crippen molar-refractivity contribution in [1.82, 2.24) is 0 Å². The Morgan fingerprint density at radius 2 is 1.31 bits per heavy atom. The highest BCUT2D eigenvalue weighted by atomic mass is 19.1. The summed E-state index contributed by atoms with van der Waals surface area (Å²) in [4.78, 5) is 0. The quantitative estimate of drug-likeness (QED) is 0.485. The van der Waals surface area contributed by atoms with E-state index >= 15 is 0 Å². The summed E-state index contributed by atoms with van der Waals surface area (Å²) < 4.78 is 58.7. The van der Waals surface area contributed by atoms with Gasteiger partial charge in [0.25, 0.3) is 0 Å². The maximum absolute atomic E-state index is 14.5. The molecule has 0 N–H and O–H groups in total. The fourth-order valence-electron chi connectivity index (χ4n) is 2.77. The molecular weight excluding hydrogens is 344 g/mol. The van der Waals surface area contributed by atoms with Gasteiger partial charge >= 0.3 is 0 Å². The van der Waals surface area contributed by atoms with E-state index in [1.807, 2.05) is 31.2 Å². The number of hydrogen-bond donors (Lipinski definition) is 0. The lowest BCUT2D eigenvalue weighted by Gasteiger charge is -2.10. The van der Waals surface area contributed by atoms with E-state index in [-0.39, 0.29) is 11.1 Å². The van der Waals surface area contributed by atoms with E-state index in [2.05, 4.69) is 4.74 Å². The van der Waals surface area contributed by atoms with Crippen molar-refractivity contribution in [2.75, 3.05) is 6.86 Å². The number of rotatable bonds is 5. The van der Waals surface area contributed by atoms with E-state index in [4.69, 9.17) is 0 Å². The van der Waals surface area contributed by atoms with Crippen LogP contribution in [0, 0.1) is 17.5 Å². The third kappa shape index (κ3) is 3.57. The van der Waals surface area contributed by atoms with E-state index < -0.39 is 30.1 Å². The lowest BCUT2D eigenvalue weighted by molar-refractivity contribution is 0.176. The van der Waals surface area contributed by atoms with E-state index in [1.54, 1.807) is 6.07 Å². The number of halogens is 4. The number of ether oxygens (including phenoxy) is 1. The SMILES string of the molecule is CCc1ccc(-c2ccc(-c3cc(F)c(OCF)c(F)c3)c(F)c2)cc1. The fourth-order valence-corrected chi connectivity index (χ4v) is 2.77. The molecule has 0 heterocycles. The van der Waals surface area contributed by atoms with Gasteiger partial charge in [0.15, 0.2) is 17.4 Å². The van der Waals surface area contributed by atoms with Crippen LogP contribution in [0.1, 0.15) is 12.5 Å². The molecule has 26 heavy (non-hydrogen) atoms. The zero-order valence-corrected chi connectivity index (χ0v) is 14.0. The third-order valence-electron chi connectivity index (χ3n) is 4.17. The van der Waals surface area contributed by atoms with Crippen LogP contribution in [0.4, 0.5) is 17.6 Å². The van der Waals surface area contributed by atoms with Crippen molar-refractivity contribution in [3.8, 4) is 28.0 Å². The molecular formula is C21H16F4O. The first-order chi connectivity index (χ1) is 12.5. The van der Waals surface area contributed by atoms with Crippen LogP contribution in [0.2, 0.25) is 0 Å². The Hall–Kier alpha value is -2.82. The second-order valence-corrected chi connectivity index (χ2v) is 5.77. The average molecular weight is 360 g/mol. The summed E-state index contributed by atoms with van der Waals surface area (Å²) >= 11 is 0. The van der Waals surface area contributed by atoms with Gasteiger partial charge in [-0.05, 0) is 46.9 Å². The molecule has 0 fully saturated rings. The first-order valence-corrected chi connectivity index (χ1v) is 8.10. The van der Waals surface area contributed by atoms with Crippen LogP contribution in [-0.2, 0) is 6.42 Å². The zero-order valence-electron chi connectivity index (χ0n) is 14.0. The lowest BCUT2D eigenvalue weighted by Crippen LogP contribution is -1.98. The first-order valence-electron chi connectivity index (χ1n) is 8.10. The molecule has 0 radical (unpaired) electrons. The monoisotopic (exact) mass is 360 g/mol. The van der Waals surface area contributed by atoms with Gasteiger partial charge < -0.3 is 4.74 Å². The van der Waals surface area contributed by atoms with Crippen LogP contribution in [0.3, 0.4) is 0 Å². The van der Waals surface area contributed by atoms with E-state index in [0.717, 1.165) is 24.1 Å². The van der Waals surface area contributed by atoms with Crippen LogP contribution < -0.4 is 4.74 Å². The Morgan fingerprint density at radius 3 is 1.85 bits per heavy atom. The van der Waals surface area contributed by atoms with Gasteiger partial charge in [0.2, 0.25) is 6.86 Å². The minimum absolute atomic E-state index is 0.0107. The molecule has 0 aliphatic heterocycles. The van der Waals surface area contributed by atoms with Crippen molar-refractivity contribution in [1.29, 1.82) is 0 Å². The summed E-state index contributed by atoms with van der Waals surface area (Å²) in [6.45, 7) is 0.693. The Labute approximate surface area is 148 Å². The van der Waals surface area contributed by atoms with Crippen LogP contribution in [0.15, 0.2) is 54.6 Å². The molecule has 134 valence electrons. The summed E-state index contributed by atoms with van der Waals surface area (Å²) in [5.74, 6) is -3.60. The summed E-state index contributed by atoms with van der Waals surface area (Å²) in [5, 5.41) is 0. The molecule has 0 unspecified atom stereocenters. The number of hydrogen-bond acceptors (Lipinski definition) is 1. The van der Waals surface area contributed by atoms with Gasteiger partial charge in [-0.25, -0.2) is 17.6 Å². The smallest absolute Gasteiger partial charge is 0.228 e. The molecule has 0 aromatic heterocycles. The minimum Gasteiger partial charge on any atom is -0.457 e. The zero-order chi connectivity index (χ0) is 18.7. The van der Waals surface area contributed by atoms with Crippen molar-refractivity contribution in [2.45, 2.75) is 13.3 Å². The molecule has 0 amide bonds. The summed E-state index contributed by atoms with van der Waals surface area (Å²) in [7, 11) is 0. The number of aryl methyl sites for hydroxylation is 1. The van der Waals surface area contributed by atoms with Gasteiger partial charge in [-0.2, -0.15) is 0 Å². The Morgan fingerprint density at radius 1 is 0.731 bits per heavy atom. The summed E-state index contributed by atoms with van der Waals surface area (Å²) in [6, 6.07) is 14.0. The fraction of sp³-hybridized carbons (Fsp3) is 0.143. The minimum atomic E-state index is -1.35. The molecule has 3 rings (SSSR count). The van der Waals surface area contributed by atoms with Crippen molar-refractivity contribution in [3.63, 3.8) is 0 Å². The van der Waals surface area contributed by atoms with Crippen molar-refractivity contribution in [3.05, 3.63) is 77.6 Å². The van der Waals surface area contributed by atoms with Crippen LogP contribution in [0.25, 0.3) is 22.3 Å². The second kappa shape index (κ2) is 7.60. The topological polar surface area (TPSA) is 9.23 Å². The highest BCUT2D eigenvalue weighted by Gasteiger charge is 2.16. The maximum Gasteiger partial charge on any atom is 0.228 e. The third-order valence-corrected chi connectivity index (χ3v) is 4.17. The van der Waals surface area contributed by atoms with Gasteiger partial charge in [0.1, 0.15) is 5.82 Å². The van der Waals surface area contributed by atoms with Gasteiger partial charge in [0.05, 0.1) is 0 Å². The normalized spacial score (nSPS) is 10.8. The number of alkyl halides is 1. The van der Waals surface area contributed by atoms with Crippen LogP contribution in [-0.4, -0.2) is 6.86 Å². The van der Waals surface area contributed by atoms with Gasteiger partial charge in [0, 0.05) is 5.56 Å². The van der Waals surface area contributed by atoms with E-state index in [0.29, 0.717) is 5.56 Å².